The molecule has 0 aromatic heterocycles. The molecule has 0 aromatic carbocycles. The van der Waals surface area contributed by atoms with Crippen LogP contribution in [0.5, 0.6) is 0 Å². The highest BCUT2D eigenvalue weighted by Crippen LogP contribution is 2.26. The fourth-order valence-corrected chi connectivity index (χ4v) is 9.42. The standard InChI is InChI=1S/C64H115NO10/c1-4-7-10-13-16-19-22-25-27-28-29-30-31-34-37-40-43-46-49-52-59(69)75-62-61(71)60(70)58(53-66)74-64(62)73-54-55(56(67)50-47-44-41-38-35-32-24-21-18-15-12-9-6-3)65-63(72)57(68)51-48-45-42-39-36-33-26-23-20-17-14-11-8-5-2/h16,19-20,23,25,27,29-30,47,50,55-58,60-62,64,66-68,70-71H,4-15,17-18,21-22,24,26,28,31-46,48-49,51-54H2,1-3H3,(H,65,72)/b19-16-,23-20-,27-25-,30-29-,50-47+. The molecule has 6 N–H and O–H groups in total. The van der Waals surface area contributed by atoms with E-state index in [9.17, 15) is 35.1 Å². The lowest BCUT2D eigenvalue weighted by atomic mass is 9.99. The summed E-state index contributed by atoms with van der Waals surface area (Å²) in [5.41, 5.74) is 0. The average Bonchev–Trinajstić information content (AvgIpc) is 3.41. The monoisotopic (exact) mass is 1060 g/mol. The highest BCUT2D eigenvalue weighted by Gasteiger charge is 2.47. The summed E-state index contributed by atoms with van der Waals surface area (Å²) in [5.74, 6) is -1.21. The van der Waals surface area contributed by atoms with Crippen molar-refractivity contribution in [2.75, 3.05) is 13.2 Å². The number of hydrogen-bond acceptors (Lipinski definition) is 10. The Balaban J connectivity index is 2.70. The van der Waals surface area contributed by atoms with E-state index in [4.69, 9.17) is 14.2 Å². The summed E-state index contributed by atoms with van der Waals surface area (Å²) in [6.45, 7) is 5.74. The molecule has 0 aliphatic carbocycles. The summed E-state index contributed by atoms with van der Waals surface area (Å²) < 4.78 is 17.6. The Hall–Kier alpha value is -2.64. The molecule has 0 aromatic rings. The van der Waals surface area contributed by atoms with Gasteiger partial charge in [-0.1, -0.05) is 236 Å². The topological polar surface area (TPSA) is 175 Å². The van der Waals surface area contributed by atoms with Crippen LogP contribution in [0.1, 0.15) is 271 Å². The zero-order valence-electron chi connectivity index (χ0n) is 48.2. The van der Waals surface area contributed by atoms with E-state index in [2.05, 4.69) is 74.7 Å². The van der Waals surface area contributed by atoms with E-state index >= 15 is 0 Å². The number of aliphatic hydroxyl groups is 5. The van der Waals surface area contributed by atoms with Gasteiger partial charge in [0.15, 0.2) is 12.4 Å². The summed E-state index contributed by atoms with van der Waals surface area (Å²) in [5, 5.41) is 57.0. The number of esters is 1. The maximum atomic E-state index is 13.4. The van der Waals surface area contributed by atoms with Crippen molar-refractivity contribution in [3.05, 3.63) is 60.8 Å². The number of unbranched alkanes of at least 4 members (excludes halogenated alkanes) is 30. The number of rotatable bonds is 52. The van der Waals surface area contributed by atoms with Crippen LogP contribution in [0.25, 0.3) is 0 Å². The molecule has 8 atom stereocenters. The average molecular weight is 1060 g/mol. The molecule has 11 heteroatoms. The van der Waals surface area contributed by atoms with E-state index in [0.717, 1.165) is 103 Å². The number of ether oxygens (including phenoxy) is 3. The molecule has 0 radical (unpaired) electrons. The van der Waals surface area contributed by atoms with Crippen LogP contribution in [0.2, 0.25) is 0 Å². The van der Waals surface area contributed by atoms with Gasteiger partial charge in [0.25, 0.3) is 0 Å². The molecule has 75 heavy (non-hydrogen) atoms. The van der Waals surface area contributed by atoms with Crippen LogP contribution < -0.4 is 5.32 Å². The largest absolute Gasteiger partial charge is 0.454 e. The lowest BCUT2D eigenvalue weighted by Gasteiger charge is -2.41. The molecule has 0 saturated carbocycles. The van der Waals surface area contributed by atoms with Crippen LogP contribution in [0.4, 0.5) is 0 Å². The van der Waals surface area contributed by atoms with Gasteiger partial charge in [0, 0.05) is 6.42 Å². The smallest absolute Gasteiger partial charge is 0.306 e. The molecule has 11 nitrogen and oxygen atoms in total. The number of aliphatic hydroxyl groups excluding tert-OH is 5. The van der Waals surface area contributed by atoms with Crippen LogP contribution >= 0.6 is 0 Å². The van der Waals surface area contributed by atoms with Gasteiger partial charge in [0.05, 0.1) is 25.4 Å². The van der Waals surface area contributed by atoms with Crippen molar-refractivity contribution >= 4 is 11.9 Å². The Kier molecular flexibility index (Phi) is 48.9. The van der Waals surface area contributed by atoms with Crippen LogP contribution in [-0.2, 0) is 23.8 Å². The van der Waals surface area contributed by atoms with E-state index in [1.54, 1.807) is 6.08 Å². The molecule has 8 unspecified atom stereocenters. The summed E-state index contributed by atoms with van der Waals surface area (Å²) in [6.07, 6.45) is 53.9. The minimum absolute atomic E-state index is 0.108. The van der Waals surface area contributed by atoms with E-state index in [1.807, 2.05) is 6.08 Å². The summed E-state index contributed by atoms with van der Waals surface area (Å²) in [6, 6.07) is -1.03. The van der Waals surface area contributed by atoms with Gasteiger partial charge in [0.1, 0.15) is 24.4 Å². The second kappa shape index (κ2) is 52.1. The van der Waals surface area contributed by atoms with E-state index in [0.29, 0.717) is 12.8 Å². The van der Waals surface area contributed by atoms with E-state index in [1.165, 1.54) is 122 Å². The number of nitrogens with one attached hydrogen (secondary N) is 1. The number of allylic oxidation sites excluding steroid dienone is 9. The van der Waals surface area contributed by atoms with Gasteiger partial charge in [-0.3, -0.25) is 9.59 Å². The van der Waals surface area contributed by atoms with Gasteiger partial charge in [-0.05, 0) is 89.9 Å². The minimum Gasteiger partial charge on any atom is -0.454 e. The SMILES string of the molecule is CCCCC/C=C\C/C=C\C/C=C\CCCCCCCCC(=O)OC1C(OCC(NC(=O)C(O)CCCCCCCC/C=C\CCCCCC)C(O)/C=C/CCCCCCCCCCCCC)OC(CO)C(O)C1O. The number of hydrogen-bond donors (Lipinski definition) is 6. The molecule has 1 heterocycles. The fraction of sp³-hybridized carbons (Fsp3) is 0.812. The summed E-state index contributed by atoms with van der Waals surface area (Å²) in [7, 11) is 0. The third kappa shape index (κ3) is 40.2. The van der Waals surface area contributed by atoms with Crippen LogP contribution in [0, 0.1) is 0 Å². The lowest BCUT2D eigenvalue weighted by molar-refractivity contribution is -0.305. The second-order valence-corrected chi connectivity index (χ2v) is 21.4. The van der Waals surface area contributed by atoms with E-state index < -0.39 is 67.4 Å². The Morgan fingerprint density at radius 2 is 0.920 bits per heavy atom. The Labute approximate surface area is 458 Å². The molecular formula is C64H115NO10. The normalized spacial score (nSPS) is 19.6. The van der Waals surface area contributed by atoms with Crippen LogP contribution in [0.15, 0.2) is 60.8 Å². The van der Waals surface area contributed by atoms with Crippen molar-refractivity contribution in [1.29, 1.82) is 0 Å². The molecular weight excluding hydrogens is 943 g/mol. The maximum absolute atomic E-state index is 13.4. The summed E-state index contributed by atoms with van der Waals surface area (Å²) >= 11 is 0. The fourth-order valence-electron chi connectivity index (χ4n) is 9.42. The first-order valence-electron chi connectivity index (χ1n) is 31.1. The van der Waals surface area contributed by atoms with Crippen LogP contribution in [0.3, 0.4) is 0 Å². The van der Waals surface area contributed by atoms with Crippen molar-refractivity contribution in [3.8, 4) is 0 Å². The van der Waals surface area contributed by atoms with Crippen molar-refractivity contribution < 1.29 is 49.3 Å². The molecule has 1 rings (SSSR count). The zero-order chi connectivity index (χ0) is 54.7. The Bertz CT molecular complexity index is 1450. The zero-order valence-corrected chi connectivity index (χ0v) is 48.2. The van der Waals surface area contributed by atoms with Gasteiger partial charge >= 0.3 is 5.97 Å². The van der Waals surface area contributed by atoms with Gasteiger partial charge in [-0.25, -0.2) is 0 Å². The molecule has 0 spiro atoms. The first-order valence-corrected chi connectivity index (χ1v) is 31.1. The highest BCUT2D eigenvalue weighted by molar-refractivity contribution is 5.80. The quantitative estimate of drug-likeness (QED) is 0.0195. The molecule has 0 bridgehead atoms. The molecule has 1 fully saturated rings. The number of carbonyl (C=O) groups is 2. The van der Waals surface area contributed by atoms with E-state index in [-0.39, 0.29) is 19.4 Å². The molecule has 1 amide bonds. The Morgan fingerprint density at radius 3 is 1.43 bits per heavy atom. The minimum atomic E-state index is -1.62. The lowest BCUT2D eigenvalue weighted by Crippen LogP contribution is -2.61. The van der Waals surface area contributed by atoms with Crippen molar-refractivity contribution in [2.24, 2.45) is 0 Å². The first-order chi connectivity index (χ1) is 36.7. The second-order valence-electron chi connectivity index (χ2n) is 21.4. The van der Waals surface area contributed by atoms with Crippen molar-refractivity contribution in [2.45, 2.75) is 320 Å². The number of amides is 1. The molecule has 1 aliphatic heterocycles. The summed E-state index contributed by atoms with van der Waals surface area (Å²) in [4.78, 5) is 26.5. The van der Waals surface area contributed by atoms with Gasteiger partial charge < -0.3 is 45.1 Å². The molecule has 1 saturated heterocycles. The maximum Gasteiger partial charge on any atom is 0.306 e. The highest BCUT2D eigenvalue weighted by atomic mass is 16.7. The van der Waals surface area contributed by atoms with Crippen molar-refractivity contribution in [1.82, 2.24) is 5.32 Å². The first kappa shape index (κ1) is 70.4. The predicted octanol–water partition coefficient (Wildman–Crippen LogP) is 14.6. The van der Waals surface area contributed by atoms with Crippen LogP contribution in [-0.4, -0.2) is 99.6 Å². The Morgan fingerprint density at radius 1 is 0.520 bits per heavy atom. The van der Waals surface area contributed by atoms with Gasteiger partial charge in [0.2, 0.25) is 5.91 Å². The molecule has 436 valence electrons. The van der Waals surface area contributed by atoms with Gasteiger partial charge in [-0.15, -0.1) is 0 Å². The molecule has 1 aliphatic rings. The third-order valence-electron chi connectivity index (χ3n) is 14.4. The third-order valence-corrected chi connectivity index (χ3v) is 14.4. The predicted molar refractivity (Wildman–Crippen MR) is 310 cm³/mol. The number of carbonyl (C=O) groups excluding carboxylic acids is 2. The van der Waals surface area contributed by atoms with Gasteiger partial charge in [-0.2, -0.15) is 0 Å². The van der Waals surface area contributed by atoms with Crippen molar-refractivity contribution in [3.63, 3.8) is 0 Å².